The fourth-order valence-corrected chi connectivity index (χ4v) is 9.41. The molecule has 2 aliphatic carbocycles. The minimum absolute atomic E-state index is 0.0885. The van der Waals surface area contributed by atoms with Crippen LogP contribution in [0, 0.1) is 22.7 Å². The Kier molecular flexibility index (Phi) is 18.7. The van der Waals surface area contributed by atoms with Crippen LogP contribution in [-0.4, -0.2) is 75.5 Å². The molecule has 0 heterocycles. The lowest BCUT2D eigenvalue weighted by Crippen LogP contribution is -2.38. The molecule has 0 saturated heterocycles. The molecule has 2 aliphatic rings. The summed E-state index contributed by atoms with van der Waals surface area (Å²) in [5.74, 6) is 1.92. The van der Waals surface area contributed by atoms with Gasteiger partial charge in [-0.2, -0.15) is 0 Å². The fourth-order valence-electron chi connectivity index (χ4n) is 9.41. The Hall–Kier alpha value is -5.52. The molecular formula is C58H83N3O9. The van der Waals surface area contributed by atoms with Crippen molar-refractivity contribution in [2.75, 3.05) is 13.1 Å². The van der Waals surface area contributed by atoms with Crippen LogP contribution >= 0.6 is 0 Å². The smallest absolute Gasteiger partial charge is 0.410 e. The molecule has 4 aromatic rings. The van der Waals surface area contributed by atoms with Crippen molar-refractivity contribution in [2.45, 2.75) is 184 Å². The summed E-state index contributed by atoms with van der Waals surface area (Å²) in [6.45, 7) is 25.8. The van der Waals surface area contributed by atoms with E-state index in [0.29, 0.717) is 17.4 Å². The number of benzene rings is 4. The van der Waals surface area contributed by atoms with Gasteiger partial charge >= 0.3 is 18.2 Å². The van der Waals surface area contributed by atoms with Crippen molar-refractivity contribution in [3.05, 3.63) is 83.9 Å². The first kappa shape index (κ1) is 55.4. The molecular weight excluding hydrogens is 883 g/mol. The van der Waals surface area contributed by atoms with Crippen molar-refractivity contribution >= 4 is 45.6 Å². The third-order valence-corrected chi connectivity index (χ3v) is 13.4. The Bertz CT molecular complexity index is 2220. The van der Waals surface area contributed by atoms with E-state index in [2.05, 4.69) is 71.9 Å². The summed E-state index contributed by atoms with van der Waals surface area (Å²) in [5, 5.41) is 13.4. The lowest BCUT2D eigenvalue weighted by atomic mass is 9.72. The highest BCUT2D eigenvalue weighted by Crippen LogP contribution is 2.40. The van der Waals surface area contributed by atoms with E-state index in [1.807, 2.05) is 63.2 Å². The Morgan fingerprint density at radius 3 is 1.19 bits per heavy atom. The Balaban J connectivity index is 0.000000261. The number of carbonyl (C=O) groups excluding carboxylic acids is 3. The number of fused-ring (bicyclic) bond motifs is 2. The number of carboxylic acid groups (broad SMARTS) is 1. The van der Waals surface area contributed by atoms with Gasteiger partial charge in [-0.05, 0) is 185 Å². The number of hydrogen-bond acceptors (Lipinski definition) is 8. The van der Waals surface area contributed by atoms with Crippen LogP contribution in [0.3, 0.4) is 0 Å². The van der Waals surface area contributed by atoms with Crippen molar-refractivity contribution in [1.82, 2.24) is 9.80 Å². The topological polar surface area (TPSA) is 158 Å². The molecule has 3 amide bonds. The van der Waals surface area contributed by atoms with Crippen LogP contribution in [0.5, 0.6) is 11.5 Å². The molecule has 2 fully saturated rings. The molecule has 12 nitrogen and oxygen atoms in total. The van der Waals surface area contributed by atoms with Gasteiger partial charge in [-0.3, -0.25) is 9.59 Å². The Morgan fingerprint density at radius 1 is 0.514 bits per heavy atom. The zero-order valence-corrected chi connectivity index (χ0v) is 44.3. The van der Waals surface area contributed by atoms with Crippen LogP contribution in [0.15, 0.2) is 72.8 Å². The van der Waals surface area contributed by atoms with Crippen LogP contribution in [0.25, 0.3) is 21.5 Å². The minimum atomic E-state index is -0.948. The number of nitrogens with two attached hydrogens (primary N) is 1. The van der Waals surface area contributed by atoms with Crippen molar-refractivity contribution in [2.24, 2.45) is 28.4 Å². The van der Waals surface area contributed by atoms with Crippen molar-refractivity contribution < 1.29 is 43.2 Å². The number of carboxylic acids is 1. The number of aliphatic carboxylic acids is 1. The van der Waals surface area contributed by atoms with E-state index < -0.39 is 35.3 Å². The predicted molar refractivity (Wildman–Crippen MR) is 279 cm³/mol. The Labute approximate surface area is 417 Å². The number of hydrogen-bond donors (Lipinski definition) is 2. The molecule has 0 spiro atoms. The standard InChI is InChI=1S/C29H42N2O4.C29H41NO5/c1-28(2,3)23-10-13-24(14-11-23)34-25-12-9-21-17-20(7-8-22(21)18-25)19-31(16-15-26(30)32)27(33)35-29(4,5)6;1-28(2,3)23-10-13-24(14-11-23)34-25-12-9-21-17-20(7-8-22(21)18-25)19-30(16-15-26(31)32)27(33)35-29(4,5)6/h7-9,12,17-18,23-24H,10-11,13-16,19H2,1-6H3,(H2,30,32);7-9,12,17-18,23-24H,10-11,13-16,19H2,1-6H3,(H,31,32). The summed E-state index contributed by atoms with van der Waals surface area (Å²) >= 11 is 0. The largest absolute Gasteiger partial charge is 0.490 e. The molecule has 0 aliphatic heterocycles. The number of ether oxygens (including phenoxy) is 4. The summed E-state index contributed by atoms with van der Waals surface area (Å²) in [7, 11) is 0. The van der Waals surface area contributed by atoms with Crippen molar-refractivity contribution in [3.63, 3.8) is 0 Å². The first-order chi connectivity index (χ1) is 32.6. The van der Waals surface area contributed by atoms with Gasteiger partial charge < -0.3 is 39.6 Å². The van der Waals surface area contributed by atoms with Crippen LogP contribution in [0.4, 0.5) is 9.59 Å². The van der Waals surface area contributed by atoms with Crippen LogP contribution in [0.1, 0.15) is 158 Å². The molecule has 70 heavy (non-hydrogen) atoms. The van der Waals surface area contributed by atoms with Gasteiger partial charge in [0.2, 0.25) is 5.91 Å². The maximum atomic E-state index is 12.7. The molecule has 3 N–H and O–H groups in total. The highest BCUT2D eigenvalue weighted by molar-refractivity contribution is 5.85. The summed E-state index contributed by atoms with van der Waals surface area (Å²) in [6, 6.07) is 24.5. The predicted octanol–water partition coefficient (Wildman–Crippen LogP) is 13.5. The van der Waals surface area contributed by atoms with Crippen molar-refractivity contribution in [1.29, 1.82) is 0 Å². The third kappa shape index (κ3) is 18.0. The number of primary amides is 1. The molecule has 12 heteroatoms. The monoisotopic (exact) mass is 966 g/mol. The summed E-state index contributed by atoms with van der Waals surface area (Å²) < 4.78 is 23.7. The van der Waals surface area contributed by atoms with E-state index >= 15 is 0 Å². The number of carbonyl (C=O) groups is 4. The molecule has 384 valence electrons. The average Bonchev–Trinajstić information content (AvgIpc) is 3.25. The molecule has 0 aromatic heterocycles. The lowest BCUT2D eigenvalue weighted by Gasteiger charge is -2.37. The molecule has 0 unspecified atom stereocenters. The first-order valence-corrected chi connectivity index (χ1v) is 25.4. The first-order valence-electron chi connectivity index (χ1n) is 25.4. The summed E-state index contributed by atoms with van der Waals surface area (Å²) in [6.07, 6.45) is 8.77. The maximum absolute atomic E-state index is 12.7. The van der Waals surface area contributed by atoms with Crippen molar-refractivity contribution in [3.8, 4) is 11.5 Å². The van der Waals surface area contributed by atoms with E-state index in [1.165, 1.54) is 35.5 Å². The maximum Gasteiger partial charge on any atom is 0.410 e. The normalized spacial score (nSPS) is 18.8. The zero-order chi connectivity index (χ0) is 51.6. The van der Waals surface area contributed by atoms with Gasteiger partial charge in [0.25, 0.3) is 0 Å². The molecule has 0 atom stereocenters. The van der Waals surface area contributed by atoms with E-state index in [9.17, 15) is 19.2 Å². The van der Waals surface area contributed by atoms with Gasteiger partial charge in [-0.15, -0.1) is 0 Å². The second-order valence-corrected chi connectivity index (χ2v) is 23.8. The van der Waals surface area contributed by atoms with Gasteiger partial charge in [-0.25, -0.2) is 9.59 Å². The number of rotatable bonds is 14. The highest BCUT2D eigenvalue weighted by Gasteiger charge is 2.32. The number of nitrogens with zero attached hydrogens (tertiary/aromatic N) is 2. The van der Waals surface area contributed by atoms with E-state index in [-0.39, 0.29) is 44.7 Å². The zero-order valence-electron chi connectivity index (χ0n) is 44.3. The lowest BCUT2D eigenvalue weighted by molar-refractivity contribution is -0.137. The van der Waals surface area contributed by atoms with Gasteiger partial charge in [0, 0.05) is 32.6 Å². The summed E-state index contributed by atoms with van der Waals surface area (Å²) in [4.78, 5) is 50.7. The third-order valence-electron chi connectivity index (χ3n) is 13.4. The average molecular weight is 966 g/mol. The Morgan fingerprint density at radius 2 is 0.857 bits per heavy atom. The second-order valence-electron chi connectivity index (χ2n) is 23.8. The second kappa shape index (κ2) is 23.6. The van der Waals surface area contributed by atoms with Crippen LogP contribution in [-0.2, 0) is 32.2 Å². The van der Waals surface area contributed by atoms with Gasteiger partial charge in [0.05, 0.1) is 18.6 Å². The van der Waals surface area contributed by atoms with Crippen LogP contribution in [0.2, 0.25) is 0 Å². The molecule has 0 bridgehead atoms. The summed E-state index contributed by atoms with van der Waals surface area (Å²) in [5.41, 5.74) is 6.65. The number of amides is 3. The van der Waals surface area contributed by atoms with E-state index in [0.717, 1.165) is 81.7 Å². The van der Waals surface area contributed by atoms with Gasteiger partial charge in [-0.1, -0.05) is 77.9 Å². The fraction of sp³-hybridized carbons (Fsp3) is 0.586. The molecule has 0 radical (unpaired) electrons. The van der Waals surface area contributed by atoms with Crippen LogP contribution < -0.4 is 15.2 Å². The molecule has 4 aromatic carbocycles. The quantitative estimate of drug-likeness (QED) is 0.125. The SMILES string of the molecule is CC(C)(C)OC(=O)N(CCC(=O)O)Cc1ccc2cc(OC3CCC(C(C)(C)C)CC3)ccc2c1.CC(C)(C)OC(=O)N(CCC(N)=O)Cc1ccc2cc(OC3CCC(C(C)(C)C)CC3)ccc2c1. The molecule has 2 saturated carbocycles. The van der Waals surface area contributed by atoms with Gasteiger partial charge in [0.1, 0.15) is 22.7 Å². The van der Waals surface area contributed by atoms with E-state index in [1.54, 1.807) is 20.8 Å². The van der Waals surface area contributed by atoms with Gasteiger partial charge in [0.15, 0.2) is 0 Å². The molecule has 6 rings (SSSR count). The van der Waals surface area contributed by atoms with E-state index in [4.69, 9.17) is 29.8 Å². The highest BCUT2D eigenvalue weighted by atomic mass is 16.6. The minimum Gasteiger partial charge on any atom is -0.490 e.